The maximum absolute atomic E-state index is 12.7. The van der Waals surface area contributed by atoms with Gasteiger partial charge >= 0.3 is 6.18 Å². The Hall–Kier alpha value is -3.36. The molecule has 0 radical (unpaired) electrons. The van der Waals surface area contributed by atoms with Gasteiger partial charge in [0.2, 0.25) is 11.8 Å². The molecule has 1 aliphatic rings. The average Bonchev–Trinajstić information content (AvgIpc) is 2.79. The summed E-state index contributed by atoms with van der Waals surface area (Å²) in [6.07, 6.45) is -3.23. The number of amides is 3. The van der Waals surface area contributed by atoms with Gasteiger partial charge in [-0.05, 0) is 54.8 Å². The predicted molar refractivity (Wildman–Crippen MR) is 118 cm³/mol. The first-order valence-electron chi connectivity index (χ1n) is 10.6. The minimum Gasteiger partial charge on any atom is -0.349 e. The summed E-state index contributed by atoms with van der Waals surface area (Å²) in [6.45, 7) is 0.701. The highest BCUT2D eigenvalue weighted by molar-refractivity contribution is 5.95. The van der Waals surface area contributed by atoms with Gasteiger partial charge in [0, 0.05) is 44.4 Å². The van der Waals surface area contributed by atoms with E-state index >= 15 is 0 Å². The van der Waals surface area contributed by atoms with Gasteiger partial charge in [-0.2, -0.15) is 13.2 Å². The molecule has 3 amide bonds. The zero-order valence-corrected chi connectivity index (χ0v) is 18.5. The standard InChI is InChI=1S/C24H26F3N3O3/c1-29(2)21(31)15-16-3-9-20(10-4-16)28-22(32)17-11-13-30(14-12-17)23(33)18-5-7-19(8-6-18)24(25,26)27/h3-10,17H,11-15H2,1-2H3,(H,28,32). The molecule has 1 saturated heterocycles. The predicted octanol–water partition coefficient (Wildman–Crippen LogP) is 3.83. The molecule has 2 aromatic rings. The summed E-state index contributed by atoms with van der Waals surface area (Å²) in [7, 11) is 3.39. The molecule has 2 aromatic carbocycles. The van der Waals surface area contributed by atoms with Crippen molar-refractivity contribution in [3.05, 3.63) is 65.2 Å². The molecule has 0 aromatic heterocycles. The summed E-state index contributed by atoms with van der Waals surface area (Å²) in [5, 5.41) is 2.87. The monoisotopic (exact) mass is 461 g/mol. The van der Waals surface area contributed by atoms with Gasteiger partial charge in [0.1, 0.15) is 0 Å². The van der Waals surface area contributed by atoms with Crippen LogP contribution in [0.5, 0.6) is 0 Å². The van der Waals surface area contributed by atoms with Crippen LogP contribution in [-0.4, -0.2) is 54.7 Å². The largest absolute Gasteiger partial charge is 0.416 e. The van der Waals surface area contributed by atoms with E-state index < -0.39 is 11.7 Å². The molecule has 1 fully saturated rings. The maximum atomic E-state index is 12.7. The average molecular weight is 461 g/mol. The van der Waals surface area contributed by atoms with E-state index in [-0.39, 0.29) is 35.6 Å². The lowest BCUT2D eigenvalue weighted by Crippen LogP contribution is -2.41. The lowest BCUT2D eigenvalue weighted by molar-refractivity contribution is -0.137. The molecule has 33 heavy (non-hydrogen) atoms. The number of likely N-dealkylation sites (tertiary alicyclic amines) is 1. The molecule has 0 bridgehead atoms. The van der Waals surface area contributed by atoms with E-state index in [1.807, 2.05) is 0 Å². The molecular weight excluding hydrogens is 435 g/mol. The van der Waals surface area contributed by atoms with Crippen molar-refractivity contribution >= 4 is 23.4 Å². The van der Waals surface area contributed by atoms with Crippen LogP contribution in [0.3, 0.4) is 0 Å². The first-order chi connectivity index (χ1) is 15.5. The topological polar surface area (TPSA) is 69.7 Å². The first kappa shape index (κ1) is 24.3. The maximum Gasteiger partial charge on any atom is 0.416 e. The van der Waals surface area contributed by atoms with Crippen molar-refractivity contribution in [3.63, 3.8) is 0 Å². The first-order valence-corrected chi connectivity index (χ1v) is 10.6. The Morgan fingerprint density at radius 3 is 2.06 bits per heavy atom. The number of benzene rings is 2. The smallest absolute Gasteiger partial charge is 0.349 e. The third-order valence-electron chi connectivity index (χ3n) is 5.69. The zero-order chi connectivity index (χ0) is 24.2. The van der Waals surface area contributed by atoms with Crippen molar-refractivity contribution in [1.82, 2.24) is 9.80 Å². The second-order valence-electron chi connectivity index (χ2n) is 8.29. The Morgan fingerprint density at radius 1 is 0.970 bits per heavy atom. The van der Waals surface area contributed by atoms with E-state index in [0.717, 1.165) is 17.7 Å². The van der Waals surface area contributed by atoms with E-state index in [4.69, 9.17) is 0 Å². The lowest BCUT2D eigenvalue weighted by atomic mass is 9.95. The van der Waals surface area contributed by atoms with Crippen molar-refractivity contribution in [2.75, 3.05) is 32.5 Å². The van der Waals surface area contributed by atoms with Crippen LogP contribution in [0.15, 0.2) is 48.5 Å². The van der Waals surface area contributed by atoms with Gasteiger partial charge in [0.25, 0.3) is 5.91 Å². The molecular formula is C24H26F3N3O3. The van der Waals surface area contributed by atoms with Crippen LogP contribution < -0.4 is 5.32 Å². The fourth-order valence-corrected chi connectivity index (χ4v) is 3.61. The molecule has 0 atom stereocenters. The van der Waals surface area contributed by atoms with Crippen molar-refractivity contribution < 1.29 is 27.6 Å². The Labute approximate surface area is 190 Å². The molecule has 1 N–H and O–H groups in total. The summed E-state index contributed by atoms with van der Waals surface area (Å²) < 4.78 is 38.1. The van der Waals surface area contributed by atoms with Crippen LogP contribution in [0.25, 0.3) is 0 Å². The third-order valence-corrected chi connectivity index (χ3v) is 5.69. The van der Waals surface area contributed by atoms with E-state index in [1.54, 1.807) is 43.3 Å². The molecule has 0 unspecified atom stereocenters. The van der Waals surface area contributed by atoms with Gasteiger partial charge in [-0.3, -0.25) is 14.4 Å². The molecule has 176 valence electrons. The van der Waals surface area contributed by atoms with Crippen LogP contribution in [-0.2, 0) is 22.2 Å². The van der Waals surface area contributed by atoms with Gasteiger partial charge in [0.15, 0.2) is 0 Å². The van der Waals surface area contributed by atoms with Gasteiger partial charge in [-0.1, -0.05) is 12.1 Å². The van der Waals surface area contributed by atoms with Gasteiger partial charge < -0.3 is 15.1 Å². The minimum atomic E-state index is -4.45. The van der Waals surface area contributed by atoms with E-state index in [1.165, 1.54) is 17.0 Å². The minimum absolute atomic E-state index is 0.00983. The Morgan fingerprint density at radius 2 is 1.55 bits per heavy atom. The third kappa shape index (κ3) is 6.34. The van der Waals surface area contributed by atoms with Crippen LogP contribution in [0.1, 0.15) is 34.3 Å². The number of nitrogens with zero attached hydrogens (tertiary/aromatic N) is 2. The number of piperidine rings is 1. The molecule has 3 rings (SSSR count). The fraction of sp³-hybridized carbons (Fsp3) is 0.375. The van der Waals surface area contributed by atoms with Crippen LogP contribution in [0.2, 0.25) is 0 Å². The highest BCUT2D eigenvalue weighted by Gasteiger charge is 2.31. The number of halogens is 3. The van der Waals surface area contributed by atoms with Gasteiger partial charge in [-0.15, -0.1) is 0 Å². The summed E-state index contributed by atoms with van der Waals surface area (Å²) in [5.74, 6) is -0.764. The molecule has 0 saturated carbocycles. The van der Waals surface area contributed by atoms with Crippen LogP contribution >= 0.6 is 0 Å². The summed E-state index contributed by atoms with van der Waals surface area (Å²) >= 11 is 0. The van der Waals surface area contributed by atoms with Crippen molar-refractivity contribution in [2.45, 2.75) is 25.4 Å². The zero-order valence-electron chi connectivity index (χ0n) is 18.5. The Kier molecular flexibility index (Phi) is 7.40. The SMILES string of the molecule is CN(C)C(=O)Cc1ccc(NC(=O)C2CCN(C(=O)c3ccc(C(F)(F)F)cc3)CC2)cc1. The molecule has 1 heterocycles. The highest BCUT2D eigenvalue weighted by atomic mass is 19.4. The summed E-state index contributed by atoms with van der Waals surface area (Å²) in [4.78, 5) is 40.1. The van der Waals surface area contributed by atoms with Crippen molar-refractivity contribution in [3.8, 4) is 0 Å². The highest BCUT2D eigenvalue weighted by Crippen LogP contribution is 2.29. The number of nitrogens with one attached hydrogen (secondary N) is 1. The number of carbonyl (C=O) groups excluding carboxylic acids is 3. The molecule has 1 aliphatic heterocycles. The lowest BCUT2D eigenvalue weighted by Gasteiger charge is -2.31. The number of alkyl halides is 3. The Bertz CT molecular complexity index is 994. The van der Waals surface area contributed by atoms with E-state index in [0.29, 0.717) is 31.6 Å². The van der Waals surface area contributed by atoms with Crippen LogP contribution in [0, 0.1) is 5.92 Å². The number of hydrogen-bond donors (Lipinski definition) is 1. The van der Waals surface area contributed by atoms with E-state index in [2.05, 4.69) is 5.32 Å². The van der Waals surface area contributed by atoms with Crippen molar-refractivity contribution in [2.24, 2.45) is 5.92 Å². The fourth-order valence-electron chi connectivity index (χ4n) is 3.61. The van der Waals surface area contributed by atoms with Crippen LogP contribution in [0.4, 0.5) is 18.9 Å². The van der Waals surface area contributed by atoms with E-state index in [9.17, 15) is 27.6 Å². The number of hydrogen-bond acceptors (Lipinski definition) is 3. The quantitative estimate of drug-likeness (QED) is 0.736. The molecule has 9 heteroatoms. The number of carbonyl (C=O) groups is 3. The molecule has 0 aliphatic carbocycles. The molecule has 0 spiro atoms. The second-order valence-corrected chi connectivity index (χ2v) is 8.29. The Balaban J connectivity index is 1.50. The normalized spacial score (nSPS) is 14.6. The summed E-state index contributed by atoms with van der Waals surface area (Å²) in [5.41, 5.74) is 0.872. The van der Waals surface area contributed by atoms with Gasteiger partial charge in [-0.25, -0.2) is 0 Å². The number of likely N-dealkylation sites (N-methyl/N-ethyl adjacent to an activating group) is 1. The second kappa shape index (κ2) is 10.1. The summed E-state index contributed by atoms with van der Waals surface area (Å²) in [6, 6.07) is 11.2. The number of anilines is 1. The molecule has 6 nitrogen and oxygen atoms in total. The number of rotatable bonds is 5. The van der Waals surface area contributed by atoms with Gasteiger partial charge in [0.05, 0.1) is 12.0 Å². The van der Waals surface area contributed by atoms with Crippen molar-refractivity contribution in [1.29, 1.82) is 0 Å².